The molecule has 1 aromatic carbocycles. The molecule has 0 spiro atoms. The summed E-state index contributed by atoms with van der Waals surface area (Å²) in [6.07, 6.45) is 2.35. The lowest BCUT2D eigenvalue weighted by atomic mass is 10.0. The minimum Gasteiger partial charge on any atom is -0.496 e. The molecule has 1 aliphatic rings. The summed E-state index contributed by atoms with van der Waals surface area (Å²) in [6.45, 7) is 4.31. The molecule has 2 heterocycles. The number of carbonyl (C=O) groups is 1. The van der Waals surface area contributed by atoms with E-state index in [0.717, 1.165) is 24.4 Å². The Kier molecular flexibility index (Phi) is 5.55. The summed E-state index contributed by atoms with van der Waals surface area (Å²) in [5, 5.41) is 9.39. The summed E-state index contributed by atoms with van der Waals surface area (Å²) in [4.78, 5) is 14.6. The van der Waals surface area contributed by atoms with Gasteiger partial charge in [0.25, 0.3) is 0 Å². The van der Waals surface area contributed by atoms with Gasteiger partial charge in [0.2, 0.25) is 0 Å². The number of hydrogen-bond acceptors (Lipinski definition) is 5. The SMILES string of the molecule is COc1ccccc1[C@@H](CNC(=O)Nc1cc(C)on1)N1CCCC1. The van der Waals surface area contributed by atoms with Crippen molar-refractivity contribution in [1.29, 1.82) is 0 Å². The second-order valence-electron chi connectivity index (χ2n) is 6.16. The third-order valence-corrected chi connectivity index (χ3v) is 4.40. The number of benzene rings is 1. The van der Waals surface area contributed by atoms with Crippen LogP contribution in [0.15, 0.2) is 34.9 Å². The number of hydrogen-bond donors (Lipinski definition) is 2. The van der Waals surface area contributed by atoms with E-state index in [9.17, 15) is 4.79 Å². The van der Waals surface area contributed by atoms with Gasteiger partial charge < -0.3 is 14.6 Å². The summed E-state index contributed by atoms with van der Waals surface area (Å²) in [6, 6.07) is 9.42. The molecule has 0 aliphatic carbocycles. The number of methoxy groups -OCH3 is 1. The molecule has 0 radical (unpaired) electrons. The van der Waals surface area contributed by atoms with Crippen LogP contribution in [0.5, 0.6) is 5.75 Å². The van der Waals surface area contributed by atoms with Gasteiger partial charge in [-0.25, -0.2) is 4.79 Å². The average Bonchev–Trinajstić information content (AvgIpc) is 3.28. The van der Waals surface area contributed by atoms with Crippen molar-refractivity contribution >= 4 is 11.8 Å². The van der Waals surface area contributed by atoms with Gasteiger partial charge in [0.1, 0.15) is 11.5 Å². The Labute approximate surface area is 147 Å². The lowest BCUT2D eigenvalue weighted by Crippen LogP contribution is -2.38. The van der Waals surface area contributed by atoms with Crippen molar-refractivity contribution in [1.82, 2.24) is 15.4 Å². The van der Waals surface area contributed by atoms with Gasteiger partial charge in [0.15, 0.2) is 5.82 Å². The lowest BCUT2D eigenvalue weighted by molar-refractivity contribution is 0.224. The lowest BCUT2D eigenvalue weighted by Gasteiger charge is -2.29. The van der Waals surface area contributed by atoms with Gasteiger partial charge in [-0.15, -0.1) is 0 Å². The topological polar surface area (TPSA) is 79.6 Å². The number of carbonyl (C=O) groups excluding carboxylic acids is 1. The van der Waals surface area contributed by atoms with Crippen LogP contribution in [0.25, 0.3) is 0 Å². The number of para-hydroxylation sites is 1. The van der Waals surface area contributed by atoms with E-state index in [0.29, 0.717) is 18.1 Å². The van der Waals surface area contributed by atoms with Crippen LogP contribution in [0.2, 0.25) is 0 Å². The molecule has 3 rings (SSSR count). The molecule has 1 saturated heterocycles. The Morgan fingerprint density at radius 2 is 2.12 bits per heavy atom. The molecule has 2 aromatic rings. The monoisotopic (exact) mass is 344 g/mol. The van der Waals surface area contributed by atoms with Crippen molar-refractivity contribution in [3.05, 3.63) is 41.7 Å². The first kappa shape index (κ1) is 17.3. The molecule has 7 heteroatoms. The zero-order chi connectivity index (χ0) is 17.6. The summed E-state index contributed by atoms with van der Waals surface area (Å²) in [5.74, 6) is 1.90. The third-order valence-electron chi connectivity index (χ3n) is 4.40. The Morgan fingerprint density at radius 3 is 2.80 bits per heavy atom. The first-order valence-electron chi connectivity index (χ1n) is 8.52. The highest BCUT2D eigenvalue weighted by molar-refractivity contribution is 5.88. The molecule has 1 aromatic heterocycles. The minimum absolute atomic E-state index is 0.0726. The predicted octanol–water partition coefficient (Wildman–Crippen LogP) is 2.95. The molecular weight excluding hydrogens is 320 g/mol. The fourth-order valence-corrected chi connectivity index (χ4v) is 3.21. The van der Waals surface area contributed by atoms with Gasteiger partial charge in [0.05, 0.1) is 13.2 Å². The number of rotatable bonds is 6. The second kappa shape index (κ2) is 8.02. The molecule has 134 valence electrons. The van der Waals surface area contributed by atoms with Gasteiger partial charge in [-0.2, -0.15) is 0 Å². The van der Waals surface area contributed by atoms with Crippen LogP contribution in [0, 0.1) is 6.92 Å². The van der Waals surface area contributed by atoms with E-state index in [1.807, 2.05) is 18.2 Å². The van der Waals surface area contributed by atoms with Crippen molar-refractivity contribution in [3.8, 4) is 5.75 Å². The molecule has 1 aliphatic heterocycles. The van der Waals surface area contributed by atoms with Gasteiger partial charge in [-0.1, -0.05) is 23.4 Å². The summed E-state index contributed by atoms with van der Waals surface area (Å²) < 4.78 is 10.5. The molecule has 0 bridgehead atoms. The van der Waals surface area contributed by atoms with E-state index in [1.54, 1.807) is 20.1 Å². The van der Waals surface area contributed by atoms with E-state index in [2.05, 4.69) is 26.8 Å². The number of likely N-dealkylation sites (tertiary alicyclic amines) is 1. The molecule has 2 amide bonds. The Bertz CT molecular complexity index is 710. The summed E-state index contributed by atoms with van der Waals surface area (Å²) in [5.41, 5.74) is 1.09. The Morgan fingerprint density at radius 1 is 1.36 bits per heavy atom. The van der Waals surface area contributed by atoms with E-state index in [4.69, 9.17) is 9.26 Å². The molecule has 25 heavy (non-hydrogen) atoms. The number of nitrogens with zero attached hydrogens (tertiary/aromatic N) is 2. The number of urea groups is 1. The van der Waals surface area contributed by atoms with E-state index in [1.165, 1.54) is 12.8 Å². The van der Waals surface area contributed by atoms with Crippen LogP contribution >= 0.6 is 0 Å². The fourth-order valence-electron chi connectivity index (χ4n) is 3.21. The zero-order valence-electron chi connectivity index (χ0n) is 14.6. The number of nitrogens with one attached hydrogen (secondary N) is 2. The molecule has 1 atom stereocenters. The van der Waals surface area contributed by atoms with Crippen LogP contribution in [-0.2, 0) is 0 Å². The molecule has 2 N–H and O–H groups in total. The summed E-state index contributed by atoms with van der Waals surface area (Å²) >= 11 is 0. The zero-order valence-corrected chi connectivity index (χ0v) is 14.6. The number of ether oxygens (including phenoxy) is 1. The number of aryl methyl sites for hydroxylation is 1. The van der Waals surface area contributed by atoms with E-state index < -0.39 is 0 Å². The van der Waals surface area contributed by atoms with E-state index in [-0.39, 0.29) is 12.1 Å². The molecular formula is C18H24N4O3. The first-order valence-corrected chi connectivity index (χ1v) is 8.52. The number of anilines is 1. The molecule has 0 unspecified atom stereocenters. The standard InChI is InChI=1S/C18H24N4O3/c1-13-11-17(21-25-13)20-18(23)19-12-15(22-9-5-6-10-22)14-7-3-4-8-16(14)24-2/h3-4,7-8,11,15H,5-6,9-10,12H2,1-2H3,(H2,19,20,21,23)/t15-/m1/s1. The number of aromatic nitrogens is 1. The Balaban J connectivity index is 1.68. The second-order valence-corrected chi connectivity index (χ2v) is 6.16. The van der Waals surface area contributed by atoms with Crippen molar-refractivity contribution in [3.63, 3.8) is 0 Å². The Hall–Kier alpha value is -2.54. The quantitative estimate of drug-likeness (QED) is 0.842. The van der Waals surface area contributed by atoms with Crippen molar-refractivity contribution in [2.75, 3.05) is 32.1 Å². The van der Waals surface area contributed by atoms with Gasteiger partial charge in [-0.3, -0.25) is 10.2 Å². The normalized spacial score (nSPS) is 15.8. The largest absolute Gasteiger partial charge is 0.496 e. The van der Waals surface area contributed by atoms with Crippen LogP contribution in [0.3, 0.4) is 0 Å². The highest BCUT2D eigenvalue weighted by Crippen LogP contribution is 2.31. The van der Waals surface area contributed by atoms with E-state index >= 15 is 0 Å². The average molecular weight is 344 g/mol. The number of amides is 2. The highest BCUT2D eigenvalue weighted by atomic mass is 16.5. The van der Waals surface area contributed by atoms with Crippen LogP contribution < -0.4 is 15.4 Å². The van der Waals surface area contributed by atoms with Crippen LogP contribution in [0.1, 0.15) is 30.2 Å². The highest BCUT2D eigenvalue weighted by Gasteiger charge is 2.26. The maximum absolute atomic E-state index is 12.2. The maximum Gasteiger partial charge on any atom is 0.320 e. The summed E-state index contributed by atoms with van der Waals surface area (Å²) in [7, 11) is 1.67. The first-order chi connectivity index (χ1) is 12.2. The van der Waals surface area contributed by atoms with Gasteiger partial charge in [-0.05, 0) is 38.9 Å². The third kappa shape index (κ3) is 4.30. The van der Waals surface area contributed by atoms with Crippen LogP contribution in [-0.4, -0.2) is 42.8 Å². The molecule has 1 fully saturated rings. The predicted molar refractivity (Wildman–Crippen MR) is 94.8 cm³/mol. The maximum atomic E-state index is 12.2. The van der Waals surface area contributed by atoms with Crippen LogP contribution in [0.4, 0.5) is 10.6 Å². The molecule has 0 saturated carbocycles. The van der Waals surface area contributed by atoms with Gasteiger partial charge in [0, 0.05) is 18.2 Å². The smallest absolute Gasteiger partial charge is 0.320 e. The van der Waals surface area contributed by atoms with Crippen molar-refractivity contribution < 1.29 is 14.1 Å². The molecule has 7 nitrogen and oxygen atoms in total. The minimum atomic E-state index is -0.299. The van der Waals surface area contributed by atoms with Crippen molar-refractivity contribution in [2.45, 2.75) is 25.8 Å². The van der Waals surface area contributed by atoms with Gasteiger partial charge >= 0.3 is 6.03 Å². The van der Waals surface area contributed by atoms with Crippen molar-refractivity contribution in [2.24, 2.45) is 0 Å². The fraction of sp³-hybridized carbons (Fsp3) is 0.444.